The van der Waals surface area contributed by atoms with Gasteiger partial charge in [-0.15, -0.1) is 0 Å². The summed E-state index contributed by atoms with van der Waals surface area (Å²) in [6.45, 7) is 2.37. The first-order valence-corrected chi connectivity index (χ1v) is 5.63. The van der Waals surface area contributed by atoms with Crippen LogP contribution in [0.15, 0.2) is 12.2 Å². The molecule has 0 N–H and O–H groups in total. The number of carbonyl (C=O) groups excluding carboxylic acids is 1. The molecule has 0 saturated heterocycles. The van der Waals surface area contributed by atoms with Crippen molar-refractivity contribution < 1.29 is 9.53 Å². The maximum atomic E-state index is 11.2. The lowest BCUT2D eigenvalue weighted by atomic mass is 9.89. The summed E-state index contributed by atoms with van der Waals surface area (Å²) in [5.41, 5.74) is 0. The first kappa shape index (κ1) is 9.75. The minimum absolute atomic E-state index is 0.0285. The van der Waals surface area contributed by atoms with E-state index >= 15 is 0 Å². The predicted octanol–water partition coefficient (Wildman–Crippen LogP) is 2.54. The Labute approximate surface area is 85.3 Å². The molecule has 2 aliphatic rings. The largest absolute Gasteiger partial charge is 0.466 e. The number of hydrogen-bond donors (Lipinski definition) is 0. The van der Waals surface area contributed by atoms with Crippen molar-refractivity contribution in [1.82, 2.24) is 0 Å². The number of allylic oxidation sites excluding steroid dienone is 2. The van der Waals surface area contributed by atoms with Gasteiger partial charge in [0.1, 0.15) is 0 Å². The van der Waals surface area contributed by atoms with Crippen molar-refractivity contribution in [1.29, 1.82) is 0 Å². The molecule has 3 atom stereocenters. The maximum Gasteiger partial charge on any atom is 0.305 e. The van der Waals surface area contributed by atoms with Crippen LogP contribution in [-0.4, -0.2) is 12.6 Å². The number of carbonyl (C=O) groups is 1. The lowest BCUT2D eigenvalue weighted by molar-refractivity contribution is -0.143. The lowest BCUT2D eigenvalue weighted by Crippen LogP contribution is -2.11. The molecule has 2 aliphatic carbocycles. The Bertz CT molecular complexity index is 245. The zero-order valence-electron chi connectivity index (χ0n) is 8.74. The van der Waals surface area contributed by atoms with Gasteiger partial charge in [0.2, 0.25) is 0 Å². The maximum absolute atomic E-state index is 11.2. The summed E-state index contributed by atoms with van der Waals surface area (Å²) in [7, 11) is 0. The minimum atomic E-state index is -0.0285. The zero-order chi connectivity index (χ0) is 9.97. The summed E-state index contributed by atoms with van der Waals surface area (Å²) in [4.78, 5) is 11.2. The van der Waals surface area contributed by atoms with E-state index in [4.69, 9.17) is 4.74 Å². The molecule has 3 unspecified atom stereocenters. The first-order chi connectivity index (χ1) is 6.79. The van der Waals surface area contributed by atoms with Crippen LogP contribution in [0.3, 0.4) is 0 Å². The van der Waals surface area contributed by atoms with E-state index in [-0.39, 0.29) is 5.97 Å². The number of esters is 1. The Hall–Kier alpha value is -0.790. The summed E-state index contributed by atoms with van der Waals surface area (Å²) >= 11 is 0. The van der Waals surface area contributed by atoms with Crippen molar-refractivity contribution in [3.05, 3.63) is 12.2 Å². The van der Waals surface area contributed by atoms with E-state index in [1.807, 2.05) is 6.92 Å². The predicted molar refractivity (Wildman–Crippen MR) is 54.7 cm³/mol. The number of fused-ring (bicyclic) bond motifs is 2. The second-order valence-electron chi connectivity index (χ2n) is 4.38. The van der Waals surface area contributed by atoms with Gasteiger partial charge in [0, 0.05) is 6.42 Å². The number of ether oxygens (including phenoxy) is 1. The van der Waals surface area contributed by atoms with Crippen molar-refractivity contribution in [3.63, 3.8) is 0 Å². The molecule has 78 valence electrons. The van der Waals surface area contributed by atoms with Crippen LogP contribution in [0.25, 0.3) is 0 Å². The van der Waals surface area contributed by atoms with Gasteiger partial charge in [-0.3, -0.25) is 4.79 Å². The topological polar surface area (TPSA) is 26.3 Å². The van der Waals surface area contributed by atoms with Crippen molar-refractivity contribution in [2.45, 2.75) is 32.6 Å². The molecular formula is C12H18O2. The van der Waals surface area contributed by atoms with E-state index in [1.54, 1.807) is 0 Å². The highest BCUT2D eigenvalue weighted by Gasteiger charge is 2.35. The molecule has 2 nitrogen and oxygen atoms in total. The molecule has 2 heteroatoms. The Morgan fingerprint density at radius 2 is 2.29 bits per heavy atom. The van der Waals surface area contributed by atoms with Gasteiger partial charge in [0.25, 0.3) is 0 Å². The van der Waals surface area contributed by atoms with Crippen LogP contribution in [0.1, 0.15) is 32.6 Å². The summed E-state index contributed by atoms with van der Waals surface area (Å²) < 4.78 is 4.92. The van der Waals surface area contributed by atoms with E-state index in [1.165, 1.54) is 12.8 Å². The fraction of sp³-hybridized carbons (Fsp3) is 0.750. The van der Waals surface area contributed by atoms with Crippen LogP contribution < -0.4 is 0 Å². The van der Waals surface area contributed by atoms with Gasteiger partial charge in [-0.1, -0.05) is 12.2 Å². The van der Waals surface area contributed by atoms with E-state index in [0.29, 0.717) is 13.0 Å². The van der Waals surface area contributed by atoms with E-state index in [9.17, 15) is 4.79 Å². The molecule has 0 radical (unpaired) electrons. The second-order valence-corrected chi connectivity index (χ2v) is 4.38. The highest BCUT2D eigenvalue weighted by molar-refractivity contribution is 5.69. The standard InChI is InChI=1S/C12H18O2/c1-2-14-12(13)6-5-11-8-9-3-4-10(11)7-9/h3-4,9-11H,2,5-8H2,1H3. The summed E-state index contributed by atoms with van der Waals surface area (Å²) in [6, 6.07) is 0. The third kappa shape index (κ3) is 1.99. The molecule has 14 heavy (non-hydrogen) atoms. The fourth-order valence-corrected chi connectivity index (χ4v) is 2.76. The monoisotopic (exact) mass is 194 g/mol. The van der Waals surface area contributed by atoms with Crippen LogP contribution in [0.5, 0.6) is 0 Å². The number of rotatable bonds is 4. The Morgan fingerprint density at radius 3 is 2.86 bits per heavy atom. The average molecular weight is 194 g/mol. The second kappa shape index (κ2) is 4.16. The third-order valence-electron chi connectivity index (χ3n) is 3.44. The smallest absolute Gasteiger partial charge is 0.305 e. The molecule has 0 aromatic carbocycles. The van der Waals surface area contributed by atoms with Crippen LogP contribution in [0.2, 0.25) is 0 Å². The van der Waals surface area contributed by atoms with Crippen molar-refractivity contribution in [2.75, 3.05) is 6.61 Å². The normalized spacial score (nSPS) is 33.6. The summed E-state index contributed by atoms with van der Waals surface area (Å²) in [5, 5.41) is 0. The SMILES string of the molecule is CCOC(=O)CCC1CC2C=CC1C2. The molecule has 0 aromatic heterocycles. The van der Waals surface area contributed by atoms with Crippen LogP contribution >= 0.6 is 0 Å². The average Bonchev–Trinajstić information content (AvgIpc) is 2.76. The van der Waals surface area contributed by atoms with Crippen molar-refractivity contribution >= 4 is 5.97 Å². The molecule has 0 amide bonds. The molecule has 0 aromatic rings. The van der Waals surface area contributed by atoms with Crippen LogP contribution in [-0.2, 0) is 9.53 Å². The number of hydrogen-bond acceptors (Lipinski definition) is 2. The third-order valence-corrected chi connectivity index (χ3v) is 3.44. The highest BCUT2D eigenvalue weighted by Crippen LogP contribution is 2.45. The quantitative estimate of drug-likeness (QED) is 0.508. The van der Waals surface area contributed by atoms with Crippen molar-refractivity contribution in [2.24, 2.45) is 17.8 Å². The molecular weight excluding hydrogens is 176 g/mol. The van der Waals surface area contributed by atoms with Gasteiger partial charge in [-0.2, -0.15) is 0 Å². The van der Waals surface area contributed by atoms with Gasteiger partial charge >= 0.3 is 5.97 Å². The van der Waals surface area contributed by atoms with Crippen LogP contribution in [0.4, 0.5) is 0 Å². The fourth-order valence-electron chi connectivity index (χ4n) is 2.76. The van der Waals surface area contributed by atoms with Gasteiger partial charge in [0.05, 0.1) is 6.61 Å². The molecule has 1 saturated carbocycles. The minimum Gasteiger partial charge on any atom is -0.466 e. The van der Waals surface area contributed by atoms with E-state index in [2.05, 4.69) is 12.2 Å². The molecule has 2 rings (SSSR count). The summed E-state index contributed by atoms with van der Waals surface area (Å²) in [5.74, 6) is 2.29. The molecule has 1 fully saturated rings. The Morgan fingerprint density at radius 1 is 1.43 bits per heavy atom. The Balaban J connectivity index is 1.72. The van der Waals surface area contributed by atoms with Gasteiger partial charge < -0.3 is 4.74 Å². The highest BCUT2D eigenvalue weighted by atomic mass is 16.5. The van der Waals surface area contributed by atoms with Crippen molar-refractivity contribution in [3.8, 4) is 0 Å². The van der Waals surface area contributed by atoms with E-state index in [0.717, 1.165) is 24.2 Å². The van der Waals surface area contributed by atoms with E-state index < -0.39 is 0 Å². The zero-order valence-corrected chi connectivity index (χ0v) is 8.74. The van der Waals surface area contributed by atoms with Gasteiger partial charge in [-0.05, 0) is 43.9 Å². The molecule has 0 spiro atoms. The summed E-state index contributed by atoms with van der Waals surface area (Å²) in [6.07, 6.45) is 8.92. The Kier molecular flexibility index (Phi) is 2.90. The molecule has 0 aliphatic heterocycles. The lowest BCUT2D eigenvalue weighted by Gasteiger charge is -2.16. The van der Waals surface area contributed by atoms with Gasteiger partial charge in [0.15, 0.2) is 0 Å². The van der Waals surface area contributed by atoms with Gasteiger partial charge in [-0.25, -0.2) is 0 Å². The molecule has 0 heterocycles. The van der Waals surface area contributed by atoms with Crippen LogP contribution in [0, 0.1) is 17.8 Å². The first-order valence-electron chi connectivity index (χ1n) is 5.63. The molecule has 2 bridgehead atoms.